The van der Waals surface area contributed by atoms with E-state index in [2.05, 4.69) is 20.1 Å². The molecule has 4 rings (SSSR count). The van der Waals surface area contributed by atoms with Gasteiger partial charge in [0.2, 0.25) is 0 Å². The van der Waals surface area contributed by atoms with Crippen molar-refractivity contribution in [3.8, 4) is 5.82 Å². The molecule has 1 amide bonds. The number of carbonyl (C=O) groups excluding carboxylic acids is 1. The van der Waals surface area contributed by atoms with Crippen LogP contribution in [0.1, 0.15) is 28.5 Å². The Kier molecular flexibility index (Phi) is 6.67. The summed E-state index contributed by atoms with van der Waals surface area (Å²) in [5.74, 6) is 0.207. The summed E-state index contributed by atoms with van der Waals surface area (Å²) in [5, 5.41) is 7.39. The molecule has 2 heterocycles. The summed E-state index contributed by atoms with van der Waals surface area (Å²) in [7, 11) is -3.94. The molecule has 0 unspecified atom stereocenters. The van der Waals surface area contributed by atoms with Crippen LogP contribution in [0.15, 0.2) is 78.0 Å². The lowest BCUT2D eigenvalue weighted by molar-refractivity contribution is 0.102. The molecule has 10 heteroatoms. The standard InChI is InChI=1S/C24H22ClN5O3S/c1-3-21-18(15-27-30(21)23-10-6-7-13-26-23)24(31)28-17-12-11-16(2)22(14-17)34(32,33)29-20-9-5-4-8-19(20)25/h4-15,29H,3H2,1-2H3,(H,28,31). The van der Waals surface area contributed by atoms with E-state index in [1.807, 2.05) is 13.0 Å². The molecule has 2 aromatic carbocycles. The Labute approximate surface area is 202 Å². The lowest BCUT2D eigenvalue weighted by Crippen LogP contribution is -2.17. The van der Waals surface area contributed by atoms with Gasteiger partial charge in [0.15, 0.2) is 5.82 Å². The van der Waals surface area contributed by atoms with E-state index in [1.165, 1.54) is 12.3 Å². The Bertz CT molecular complexity index is 1450. The van der Waals surface area contributed by atoms with Crippen molar-refractivity contribution < 1.29 is 13.2 Å². The Hall–Kier alpha value is -3.69. The zero-order chi connectivity index (χ0) is 24.3. The van der Waals surface area contributed by atoms with Gasteiger partial charge in [0, 0.05) is 11.9 Å². The number of hydrogen-bond acceptors (Lipinski definition) is 5. The van der Waals surface area contributed by atoms with Crippen LogP contribution in [0.3, 0.4) is 0 Å². The van der Waals surface area contributed by atoms with Crippen molar-refractivity contribution in [3.63, 3.8) is 0 Å². The molecule has 0 atom stereocenters. The number of sulfonamides is 1. The summed E-state index contributed by atoms with van der Waals surface area (Å²) < 4.78 is 30.2. The summed E-state index contributed by atoms with van der Waals surface area (Å²) in [6.07, 6.45) is 3.68. The van der Waals surface area contributed by atoms with E-state index >= 15 is 0 Å². The van der Waals surface area contributed by atoms with Crippen LogP contribution in [0.4, 0.5) is 11.4 Å². The van der Waals surface area contributed by atoms with Gasteiger partial charge >= 0.3 is 0 Å². The quantitative estimate of drug-likeness (QED) is 0.381. The van der Waals surface area contributed by atoms with Crippen molar-refractivity contribution in [2.24, 2.45) is 0 Å². The largest absolute Gasteiger partial charge is 0.322 e. The highest BCUT2D eigenvalue weighted by molar-refractivity contribution is 7.92. The van der Waals surface area contributed by atoms with Crippen molar-refractivity contribution in [1.82, 2.24) is 14.8 Å². The van der Waals surface area contributed by atoms with Crippen LogP contribution in [0, 0.1) is 6.92 Å². The zero-order valence-electron chi connectivity index (χ0n) is 18.5. The number of nitrogens with one attached hydrogen (secondary N) is 2. The lowest BCUT2D eigenvalue weighted by Gasteiger charge is -2.13. The van der Waals surface area contributed by atoms with E-state index in [0.29, 0.717) is 34.7 Å². The first-order chi connectivity index (χ1) is 16.3. The van der Waals surface area contributed by atoms with E-state index in [4.69, 9.17) is 11.6 Å². The van der Waals surface area contributed by atoms with Gasteiger partial charge in [-0.05, 0) is 55.3 Å². The Morgan fingerprint density at radius 1 is 1.09 bits per heavy atom. The predicted octanol–water partition coefficient (Wildman–Crippen LogP) is 4.84. The summed E-state index contributed by atoms with van der Waals surface area (Å²) in [6, 6.07) is 16.7. The summed E-state index contributed by atoms with van der Waals surface area (Å²) in [5.41, 5.74) is 2.20. The molecule has 8 nitrogen and oxygen atoms in total. The average Bonchev–Trinajstić information content (AvgIpc) is 3.26. The van der Waals surface area contributed by atoms with Gasteiger partial charge < -0.3 is 5.32 Å². The number of nitrogens with zero attached hydrogens (tertiary/aromatic N) is 3. The third-order valence-electron chi connectivity index (χ3n) is 5.17. The van der Waals surface area contributed by atoms with Crippen molar-refractivity contribution in [3.05, 3.63) is 94.9 Å². The third-order valence-corrected chi connectivity index (χ3v) is 7.01. The number of amides is 1. The van der Waals surface area contributed by atoms with E-state index in [0.717, 1.165) is 0 Å². The maximum Gasteiger partial charge on any atom is 0.262 e. The van der Waals surface area contributed by atoms with E-state index in [-0.39, 0.29) is 15.6 Å². The molecule has 0 aliphatic heterocycles. The monoisotopic (exact) mass is 495 g/mol. The topological polar surface area (TPSA) is 106 Å². The van der Waals surface area contributed by atoms with Gasteiger partial charge in [0.25, 0.3) is 15.9 Å². The molecule has 2 N–H and O–H groups in total. The number of aryl methyl sites for hydroxylation is 1. The first kappa shape index (κ1) is 23.5. The molecule has 34 heavy (non-hydrogen) atoms. The molecule has 0 aliphatic carbocycles. The van der Waals surface area contributed by atoms with Gasteiger partial charge in [-0.2, -0.15) is 5.10 Å². The number of pyridine rings is 1. The fourth-order valence-electron chi connectivity index (χ4n) is 3.49. The van der Waals surface area contributed by atoms with Gasteiger partial charge in [-0.1, -0.05) is 42.8 Å². The summed E-state index contributed by atoms with van der Waals surface area (Å²) >= 11 is 6.10. The number of rotatable bonds is 7. The van der Waals surface area contributed by atoms with Crippen molar-refractivity contribution in [2.75, 3.05) is 10.0 Å². The Morgan fingerprint density at radius 3 is 2.56 bits per heavy atom. The highest BCUT2D eigenvalue weighted by Crippen LogP contribution is 2.27. The first-order valence-corrected chi connectivity index (χ1v) is 12.3. The van der Waals surface area contributed by atoms with Gasteiger partial charge in [-0.25, -0.2) is 18.1 Å². The van der Waals surface area contributed by atoms with E-state index in [9.17, 15) is 13.2 Å². The molecule has 174 valence electrons. The van der Waals surface area contributed by atoms with E-state index in [1.54, 1.807) is 66.3 Å². The molecule has 0 spiro atoms. The van der Waals surface area contributed by atoms with Crippen LogP contribution < -0.4 is 10.0 Å². The maximum atomic E-state index is 13.1. The summed E-state index contributed by atoms with van der Waals surface area (Å²) in [4.78, 5) is 17.4. The molecule has 4 aromatic rings. The minimum atomic E-state index is -3.94. The van der Waals surface area contributed by atoms with E-state index < -0.39 is 15.9 Å². The van der Waals surface area contributed by atoms with Crippen molar-refractivity contribution in [1.29, 1.82) is 0 Å². The molecule has 2 aromatic heterocycles. The fraction of sp³-hybridized carbons (Fsp3) is 0.125. The van der Waals surface area contributed by atoms with Gasteiger partial charge in [-0.3, -0.25) is 9.52 Å². The average molecular weight is 496 g/mol. The highest BCUT2D eigenvalue weighted by Gasteiger charge is 2.21. The minimum Gasteiger partial charge on any atom is -0.322 e. The number of halogens is 1. The van der Waals surface area contributed by atoms with Crippen LogP contribution in [0.5, 0.6) is 0 Å². The molecular weight excluding hydrogens is 474 g/mol. The van der Waals surface area contributed by atoms with Crippen LogP contribution in [0.2, 0.25) is 5.02 Å². The van der Waals surface area contributed by atoms with Crippen molar-refractivity contribution >= 4 is 38.9 Å². The lowest BCUT2D eigenvalue weighted by atomic mass is 10.1. The Morgan fingerprint density at radius 2 is 1.85 bits per heavy atom. The predicted molar refractivity (Wildman–Crippen MR) is 132 cm³/mol. The second-order valence-corrected chi connectivity index (χ2v) is 9.54. The number of para-hydroxylation sites is 1. The first-order valence-electron chi connectivity index (χ1n) is 10.5. The van der Waals surface area contributed by atoms with Crippen LogP contribution in [0.25, 0.3) is 5.82 Å². The number of benzene rings is 2. The molecule has 0 fully saturated rings. The number of hydrogen-bond donors (Lipinski definition) is 2. The van der Waals surface area contributed by atoms with Gasteiger partial charge in [0.1, 0.15) is 0 Å². The second-order valence-electron chi connectivity index (χ2n) is 7.48. The number of anilines is 2. The third kappa shape index (κ3) is 4.80. The molecule has 0 bridgehead atoms. The molecule has 0 saturated carbocycles. The number of carbonyl (C=O) groups is 1. The van der Waals surface area contributed by atoms with Crippen LogP contribution in [-0.2, 0) is 16.4 Å². The maximum absolute atomic E-state index is 13.1. The highest BCUT2D eigenvalue weighted by atomic mass is 35.5. The second kappa shape index (κ2) is 9.66. The normalized spacial score (nSPS) is 11.3. The fourth-order valence-corrected chi connectivity index (χ4v) is 5.08. The summed E-state index contributed by atoms with van der Waals surface area (Å²) in [6.45, 7) is 3.60. The SMILES string of the molecule is CCc1c(C(=O)Nc2ccc(C)c(S(=O)(=O)Nc3ccccc3Cl)c2)cnn1-c1ccccn1. The molecule has 0 aliphatic rings. The van der Waals surface area contributed by atoms with Gasteiger partial charge in [0.05, 0.1) is 33.1 Å². The molecular formula is C24H22ClN5O3S. The zero-order valence-corrected chi connectivity index (χ0v) is 20.1. The number of aromatic nitrogens is 3. The van der Waals surface area contributed by atoms with Gasteiger partial charge in [-0.15, -0.1) is 0 Å². The smallest absolute Gasteiger partial charge is 0.262 e. The minimum absolute atomic E-state index is 0.0325. The molecule has 0 saturated heterocycles. The Balaban J connectivity index is 1.61. The molecule has 0 radical (unpaired) electrons. The van der Waals surface area contributed by atoms with Crippen LogP contribution >= 0.6 is 11.6 Å². The van der Waals surface area contributed by atoms with Crippen LogP contribution in [-0.4, -0.2) is 29.1 Å². The van der Waals surface area contributed by atoms with Crippen molar-refractivity contribution in [2.45, 2.75) is 25.2 Å².